The Labute approximate surface area is 114 Å². The normalized spacial score (nSPS) is 21.6. The largest absolute Gasteiger partial charge is 0.302 e. The zero-order valence-corrected chi connectivity index (χ0v) is 11.0. The molecule has 0 aliphatic heterocycles. The first-order valence-corrected chi connectivity index (χ1v) is 6.96. The Balaban J connectivity index is 1.67. The minimum absolute atomic E-state index is 0.0220. The first-order chi connectivity index (χ1) is 8.75. The number of halogens is 1. The number of nitrogens with one attached hydrogen (secondary N) is 1. The summed E-state index contributed by atoms with van der Waals surface area (Å²) in [5.41, 5.74) is 1.07. The Hall–Kier alpha value is -1.39. The summed E-state index contributed by atoms with van der Waals surface area (Å²) in [6, 6.07) is 7.71. The topological polar surface area (TPSA) is 42.0 Å². The van der Waals surface area contributed by atoms with Gasteiger partial charge in [-0.15, -0.1) is 11.3 Å². The summed E-state index contributed by atoms with van der Waals surface area (Å²) in [6.45, 7) is 0. The third kappa shape index (κ3) is 2.26. The first kappa shape index (κ1) is 11.7. The number of thiazole rings is 1. The number of rotatable bonds is 3. The van der Waals surface area contributed by atoms with Crippen LogP contribution in [-0.2, 0) is 4.79 Å². The van der Waals surface area contributed by atoms with Crippen molar-refractivity contribution in [3.05, 3.63) is 46.4 Å². The van der Waals surface area contributed by atoms with Gasteiger partial charge < -0.3 is 5.32 Å². The molecule has 0 bridgehead atoms. The molecule has 18 heavy (non-hydrogen) atoms. The second-order valence-electron chi connectivity index (χ2n) is 4.30. The van der Waals surface area contributed by atoms with E-state index in [0.29, 0.717) is 5.13 Å². The highest BCUT2D eigenvalue weighted by Crippen LogP contribution is 2.49. The quantitative estimate of drug-likeness (QED) is 0.933. The number of aromatic nitrogens is 1. The molecule has 2 aromatic rings. The smallest absolute Gasteiger partial charge is 0.229 e. The van der Waals surface area contributed by atoms with Crippen LogP contribution in [0.2, 0.25) is 5.02 Å². The van der Waals surface area contributed by atoms with E-state index in [9.17, 15) is 4.79 Å². The molecule has 1 fully saturated rings. The maximum Gasteiger partial charge on any atom is 0.229 e. The van der Waals surface area contributed by atoms with Crippen LogP contribution in [0.4, 0.5) is 5.13 Å². The SMILES string of the molecule is O=C(Nc1nccs1)[C@@H]1C[C@@H]1c1ccccc1Cl. The summed E-state index contributed by atoms with van der Waals surface area (Å²) in [4.78, 5) is 16.0. The summed E-state index contributed by atoms with van der Waals surface area (Å²) in [6.07, 6.45) is 2.54. The van der Waals surface area contributed by atoms with E-state index in [-0.39, 0.29) is 17.7 Å². The number of benzene rings is 1. The monoisotopic (exact) mass is 278 g/mol. The van der Waals surface area contributed by atoms with Crippen molar-refractivity contribution in [1.29, 1.82) is 0 Å². The highest BCUT2D eigenvalue weighted by atomic mass is 35.5. The van der Waals surface area contributed by atoms with E-state index in [1.54, 1.807) is 6.20 Å². The first-order valence-electron chi connectivity index (χ1n) is 5.70. The van der Waals surface area contributed by atoms with Crippen molar-refractivity contribution in [2.75, 3.05) is 5.32 Å². The van der Waals surface area contributed by atoms with Crippen LogP contribution < -0.4 is 5.32 Å². The van der Waals surface area contributed by atoms with E-state index >= 15 is 0 Å². The van der Waals surface area contributed by atoms with Gasteiger partial charge in [-0.2, -0.15) is 0 Å². The van der Waals surface area contributed by atoms with Crippen molar-refractivity contribution in [3.8, 4) is 0 Å². The highest BCUT2D eigenvalue weighted by molar-refractivity contribution is 7.13. The van der Waals surface area contributed by atoms with Gasteiger partial charge in [-0.3, -0.25) is 4.79 Å². The van der Waals surface area contributed by atoms with Crippen molar-refractivity contribution in [1.82, 2.24) is 4.98 Å². The molecular formula is C13H11ClN2OS. The average molecular weight is 279 g/mol. The number of hydrogen-bond acceptors (Lipinski definition) is 3. The lowest BCUT2D eigenvalue weighted by atomic mass is 10.1. The Morgan fingerprint density at radius 1 is 1.44 bits per heavy atom. The number of amides is 1. The molecule has 0 saturated heterocycles. The fourth-order valence-corrected chi connectivity index (χ4v) is 2.90. The zero-order valence-electron chi connectivity index (χ0n) is 9.47. The number of hydrogen-bond donors (Lipinski definition) is 1. The minimum atomic E-state index is 0.0220. The van der Waals surface area contributed by atoms with Crippen LogP contribution >= 0.6 is 22.9 Å². The maximum atomic E-state index is 12.0. The Morgan fingerprint density at radius 2 is 2.28 bits per heavy atom. The second kappa shape index (κ2) is 4.71. The molecule has 5 heteroatoms. The molecule has 0 radical (unpaired) electrons. The number of carbonyl (C=O) groups excluding carboxylic acids is 1. The van der Waals surface area contributed by atoms with Gasteiger partial charge in [0.1, 0.15) is 0 Å². The van der Waals surface area contributed by atoms with E-state index < -0.39 is 0 Å². The molecule has 0 unspecified atom stereocenters. The van der Waals surface area contributed by atoms with Gasteiger partial charge in [0.25, 0.3) is 0 Å². The standard InChI is InChI=1S/C13H11ClN2OS/c14-11-4-2-1-3-8(11)9-7-10(9)12(17)16-13-15-5-6-18-13/h1-6,9-10H,7H2,(H,15,16,17)/t9-,10-/m1/s1. The zero-order chi connectivity index (χ0) is 12.5. The summed E-state index contributed by atoms with van der Waals surface area (Å²) in [5.74, 6) is 0.308. The third-order valence-corrected chi connectivity index (χ3v) is 4.13. The van der Waals surface area contributed by atoms with E-state index in [1.165, 1.54) is 11.3 Å². The fourth-order valence-electron chi connectivity index (χ4n) is 2.09. The number of carbonyl (C=O) groups is 1. The third-order valence-electron chi connectivity index (χ3n) is 3.09. The van der Waals surface area contributed by atoms with Crippen LogP contribution in [0, 0.1) is 5.92 Å². The van der Waals surface area contributed by atoms with E-state index in [4.69, 9.17) is 11.6 Å². The van der Waals surface area contributed by atoms with Crippen LogP contribution in [0.1, 0.15) is 17.9 Å². The molecule has 1 aliphatic rings. The van der Waals surface area contributed by atoms with Crippen molar-refractivity contribution in [2.45, 2.75) is 12.3 Å². The van der Waals surface area contributed by atoms with Crippen LogP contribution in [0.5, 0.6) is 0 Å². The molecule has 1 N–H and O–H groups in total. The van der Waals surface area contributed by atoms with Gasteiger partial charge in [0.05, 0.1) is 0 Å². The molecule has 92 valence electrons. The molecule has 3 nitrogen and oxygen atoms in total. The van der Waals surface area contributed by atoms with Gasteiger partial charge >= 0.3 is 0 Å². The lowest BCUT2D eigenvalue weighted by Gasteiger charge is -2.03. The molecule has 0 spiro atoms. The van der Waals surface area contributed by atoms with Crippen LogP contribution in [0.15, 0.2) is 35.8 Å². The van der Waals surface area contributed by atoms with E-state index in [1.807, 2.05) is 29.6 Å². The minimum Gasteiger partial charge on any atom is -0.302 e. The average Bonchev–Trinajstić information content (AvgIpc) is 3.00. The lowest BCUT2D eigenvalue weighted by molar-refractivity contribution is -0.117. The van der Waals surface area contributed by atoms with Gasteiger partial charge in [0, 0.05) is 22.5 Å². The van der Waals surface area contributed by atoms with Crippen LogP contribution in [0.25, 0.3) is 0 Å². The van der Waals surface area contributed by atoms with Crippen molar-refractivity contribution in [2.24, 2.45) is 5.92 Å². The van der Waals surface area contributed by atoms with Gasteiger partial charge in [0.2, 0.25) is 5.91 Å². The summed E-state index contributed by atoms with van der Waals surface area (Å²) in [7, 11) is 0. The van der Waals surface area contributed by atoms with Crippen LogP contribution in [-0.4, -0.2) is 10.9 Å². The van der Waals surface area contributed by atoms with Gasteiger partial charge in [-0.25, -0.2) is 4.98 Å². The summed E-state index contributed by atoms with van der Waals surface area (Å²) >= 11 is 7.56. The Morgan fingerprint density at radius 3 is 3.00 bits per heavy atom. The predicted octanol–water partition coefficient (Wildman–Crippen LogP) is 3.54. The molecular weight excluding hydrogens is 268 g/mol. The highest BCUT2D eigenvalue weighted by Gasteiger charge is 2.44. The van der Waals surface area contributed by atoms with Crippen LogP contribution in [0.3, 0.4) is 0 Å². The second-order valence-corrected chi connectivity index (χ2v) is 5.60. The predicted molar refractivity (Wildman–Crippen MR) is 73.0 cm³/mol. The van der Waals surface area contributed by atoms with Crippen molar-refractivity contribution >= 4 is 34.0 Å². The van der Waals surface area contributed by atoms with E-state index in [0.717, 1.165) is 17.0 Å². The van der Waals surface area contributed by atoms with Crippen molar-refractivity contribution < 1.29 is 4.79 Å². The summed E-state index contributed by atoms with van der Waals surface area (Å²) in [5, 5.41) is 6.07. The van der Waals surface area contributed by atoms with Gasteiger partial charge in [-0.05, 0) is 24.0 Å². The molecule has 2 atom stereocenters. The molecule has 3 rings (SSSR count). The molecule has 1 heterocycles. The molecule has 1 amide bonds. The van der Waals surface area contributed by atoms with E-state index in [2.05, 4.69) is 10.3 Å². The Kier molecular flexibility index (Phi) is 3.06. The van der Waals surface area contributed by atoms with Gasteiger partial charge in [-0.1, -0.05) is 29.8 Å². The summed E-state index contributed by atoms with van der Waals surface area (Å²) < 4.78 is 0. The molecule has 1 aromatic carbocycles. The molecule has 1 saturated carbocycles. The molecule has 1 aliphatic carbocycles. The molecule has 1 aromatic heterocycles. The Bertz CT molecular complexity index is 570. The fraction of sp³-hybridized carbons (Fsp3) is 0.231. The number of anilines is 1. The van der Waals surface area contributed by atoms with Gasteiger partial charge in [0.15, 0.2) is 5.13 Å². The van der Waals surface area contributed by atoms with Crippen molar-refractivity contribution in [3.63, 3.8) is 0 Å². The maximum absolute atomic E-state index is 12.0. The number of nitrogens with zero attached hydrogens (tertiary/aromatic N) is 1. The lowest BCUT2D eigenvalue weighted by Crippen LogP contribution is -2.14.